The Morgan fingerprint density at radius 1 is 0.933 bits per heavy atom. The highest BCUT2D eigenvalue weighted by Crippen LogP contribution is 2.48. The molecular weight excluding hydrogens is 432 g/mol. The number of primary amides is 1. The number of halogens is 3. The van der Waals surface area contributed by atoms with Crippen LogP contribution in [0.15, 0.2) is 54.6 Å². The summed E-state index contributed by atoms with van der Waals surface area (Å²) in [5.41, 5.74) is 5.47. The summed E-state index contributed by atoms with van der Waals surface area (Å²) in [6.07, 6.45) is 0. The summed E-state index contributed by atoms with van der Waals surface area (Å²) in [4.78, 5) is 22.9. The van der Waals surface area contributed by atoms with E-state index >= 15 is 4.39 Å². The average molecular weight is 446 g/mol. The Hall–Kier alpha value is -3.29. The summed E-state index contributed by atoms with van der Waals surface area (Å²) < 4.78 is 15.0. The van der Waals surface area contributed by atoms with Gasteiger partial charge >= 0.3 is 5.97 Å². The SMILES string of the molecule is NC(=O)c1ccc(C2(c3c(F)cccc3Cl)Nc3ccc(C(=O)O)cc3N2)c(Cl)c1. The number of carboxylic acid groups (broad SMARTS) is 1. The van der Waals surface area contributed by atoms with E-state index in [0.717, 1.165) is 0 Å². The van der Waals surface area contributed by atoms with Crippen molar-refractivity contribution in [2.24, 2.45) is 5.73 Å². The number of benzene rings is 3. The van der Waals surface area contributed by atoms with Crippen LogP contribution < -0.4 is 16.4 Å². The van der Waals surface area contributed by atoms with Crippen molar-refractivity contribution in [1.29, 1.82) is 0 Å². The minimum absolute atomic E-state index is 0.0497. The lowest BCUT2D eigenvalue weighted by molar-refractivity contribution is 0.0696. The zero-order valence-corrected chi connectivity index (χ0v) is 16.7. The number of rotatable bonds is 4. The molecule has 9 heteroatoms. The molecule has 1 aliphatic rings. The van der Waals surface area contributed by atoms with Gasteiger partial charge in [-0.1, -0.05) is 35.3 Å². The fraction of sp³-hybridized carbons (Fsp3) is 0.0476. The third-order valence-electron chi connectivity index (χ3n) is 4.91. The molecule has 0 spiro atoms. The normalized spacial score (nSPS) is 17.0. The maximum atomic E-state index is 15.0. The second-order valence-electron chi connectivity index (χ2n) is 6.72. The summed E-state index contributed by atoms with van der Waals surface area (Å²) in [6, 6.07) is 13.0. The number of fused-ring (bicyclic) bond motifs is 1. The van der Waals surface area contributed by atoms with Crippen molar-refractivity contribution >= 4 is 46.5 Å². The maximum absolute atomic E-state index is 15.0. The molecule has 5 N–H and O–H groups in total. The van der Waals surface area contributed by atoms with Crippen LogP contribution in [0, 0.1) is 5.82 Å². The van der Waals surface area contributed by atoms with Gasteiger partial charge in [0.05, 0.1) is 27.5 Å². The standard InChI is InChI=1S/C21H14Cl2FN3O3/c22-13-2-1-3-15(24)18(13)21(12-6-4-10(19(25)28)8-14(12)23)26-16-7-5-11(20(29)30)9-17(16)27-21/h1-9,26-27H,(H2,25,28)(H,29,30). The van der Waals surface area contributed by atoms with E-state index in [9.17, 15) is 14.7 Å². The maximum Gasteiger partial charge on any atom is 0.335 e. The molecule has 0 saturated carbocycles. The van der Waals surface area contributed by atoms with Gasteiger partial charge in [-0.05, 0) is 42.5 Å². The van der Waals surface area contributed by atoms with Gasteiger partial charge in [-0.15, -0.1) is 0 Å². The number of carboxylic acids is 1. The Balaban J connectivity index is 1.97. The molecule has 1 amide bonds. The average Bonchev–Trinajstić information content (AvgIpc) is 3.06. The zero-order chi connectivity index (χ0) is 21.6. The lowest BCUT2D eigenvalue weighted by Gasteiger charge is -2.34. The molecule has 1 unspecified atom stereocenters. The van der Waals surface area contributed by atoms with Gasteiger partial charge in [0.15, 0.2) is 5.66 Å². The number of amides is 1. The quantitative estimate of drug-likeness (QED) is 0.467. The monoisotopic (exact) mass is 445 g/mol. The number of nitrogens with two attached hydrogens (primary N) is 1. The number of hydrogen-bond acceptors (Lipinski definition) is 4. The second kappa shape index (κ2) is 7.19. The van der Waals surface area contributed by atoms with Crippen molar-refractivity contribution in [1.82, 2.24) is 0 Å². The molecule has 3 aromatic rings. The molecule has 1 heterocycles. The van der Waals surface area contributed by atoms with Gasteiger partial charge in [0, 0.05) is 16.1 Å². The van der Waals surface area contributed by atoms with Crippen LogP contribution in [0.2, 0.25) is 10.0 Å². The number of carbonyl (C=O) groups is 2. The first kappa shape index (κ1) is 20.0. The summed E-state index contributed by atoms with van der Waals surface area (Å²) in [5.74, 6) is -2.38. The van der Waals surface area contributed by atoms with Crippen molar-refractivity contribution in [3.8, 4) is 0 Å². The fourth-order valence-corrected chi connectivity index (χ4v) is 4.17. The summed E-state index contributed by atoms with van der Waals surface area (Å²) in [5, 5.41) is 15.9. The van der Waals surface area contributed by atoms with Crippen LogP contribution in [0.25, 0.3) is 0 Å². The number of aromatic carboxylic acids is 1. The Morgan fingerprint density at radius 3 is 2.27 bits per heavy atom. The van der Waals surface area contributed by atoms with E-state index in [2.05, 4.69) is 10.6 Å². The molecule has 1 atom stereocenters. The molecule has 4 rings (SSSR count). The van der Waals surface area contributed by atoms with Gasteiger partial charge in [0.25, 0.3) is 0 Å². The molecule has 1 aliphatic heterocycles. The number of hydrogen-bond donors (Lipinski definition) is 4. The Kier molecular flexibility index (Phi) is 4.80. The van der Waals surface area contributed by atoms with Crippen molar-refractivity contribution in [2.45, 2.75) is 5.66 Å². The number of nitrogens with one attached hydrogen (secondary N) is 2. The summed E-state index contributed by atoms with van der Waals surface area (Å²) >= 11 is 12.9. The highest BCUT2D eigenvalue weighted by atomic mass is 35.5. The van der Waals surface area contributed by atoms with E-state index in [1.165, 1.54) is 48.5 Å². The van der Waals surface area contributed by atoms with E-state index in [1.807, 2.05) is 0 Å². The van der Waals surface area contributed by atoms with Gasteiger partial charge in [-0.3, -0.25) is 4.79 Å². The topological polar surface area (TPSA) is 104 Å². The molecule has 3 aromatic carbocycles. The van der Waals surface area contributed by atoms with E-state index in [1.54, 1.807) is 6.07 Å². The predicted molar refractivity (Wildman–Crippen MR) is 113 cm³/mol. The molecule has 0 saturated heterocycles. The summed E-state index contributed by atoms with van der Waals surface area (Å²) in [7, 11) is 0. The van der Waals surface area contributed by atoms with Crippen LogP contribution in [0.5, 0.6) is 0 Å². The van der Waals surface area contributed by atoms with Crippen molar-refractivity contribution in [3.63, 3.8) is 0 Å². The Morgan fingerprint density at radius 2 is 1.63 bits per heavy atom. The van der Waals surface area contributed by atoms with E-state index in [-0.39, 0.29) is 26.7 Å². The third-order valence-corrected chi connectivity index (χ3v) is 5.53. The van der Waals surface area contributed by atoms with Crippen LogP contribution in [-0.2, 0) is 5.66 Å². The number of anilines is 2. The van der Waals surface area contributed by atoms with Crippen LogP contribution in [0.3, 0.4) is 0 Å². The zero-order valence-electron chi connectivity index (χ0n) is 15.2. The molecule has 0 fully saturated rings. The van der Waals surface area contributed by atoms with Crippen molar-refractivity contribution in [3.05, 3.63) is 92.7 Å². The van der Waals surface area contributed by atoms with E-state index in [0.29, 0.717) is 16.9 Å². The van der Waals surface area contributed by atoms with Crippen molar-refractivity contribution < 1.29 is 19.1 Å². The minimum atomic E-state index is -1.46. The molecule has 30 heavy (non-hydrogen) atoms. The van der Waals surface area contributed by atoms with Gasteiger partial charge in [-0.2, -0.15) is 0 Å². The second-order valence-corrected chi connectivity index (χ2v) is 7.54. The fourth-order valence-electron chi connectivity index (χ4n) is 3.55. The molecule has 152 valence electrons. The molecule has 6 nitrogen and oxygen atoms in total. The Bertz CT molecular complexity index is 1200. The van der Waals surface area contributed by atoms with Crippen LogP contribution in [-0.4, -0.2) is 17.0 Å². The highest BCUT2D eigenvalue weighted by Gasteiger charge is 2.44. The van der Waals surface area contributed by atoms with Crippen LogP contribution in [0.4, 0.5) is 15.8 Å². The highest BCUT2D eigenvalue weighted by molar-refractivity contribution is 6.33. The number of carbonyl (C=O) groups excluding carboxylic acids is 1. The van der Waals surface area contributed by atoms with Crippen molar-refractivity contribution in [2.75, 3.05) is 10.6 Å². The summed E-state index contributed by atoms with van der Waals surface area (Å²) in [6.45, 7) is 0. The minimum Gasteiger partial charge on any atom is -0.478 e. The molecule has 0 aromatic heterocycles. The first-order valence-electron chi connectivity index (χ1n) is 8.71. The van der Waals surface area contributed by atoms with Gasteiger partial charge in [-0.25, -0.2) is 9.18 Å². The van der Waals surface area contributed by atoms with Gasteiger partial charge in [0.1, 0.15) is 5.82 Å². The Labute approximate surface area is 180 Å². The van der Waals surface area contributed by atoms with Gasteiger partial charge in [0.2, 0.25) is 5.91 Å². The molecule has 0 bridgehead atoms. The predicted octanol–water partition coefficient (Wildman–Crippen LogP) is 4.67. The van der Waals surface area contributed by atoms with Crippen LogP contribution in [0.1, 0.15) is 31.8 Å². The lowest BCUT2D eigenvalue weighted by atomic mass is 9.90. The van der Waals surface area contributed by atoms with Gasteiger partial charge < -0.3 is 21.5 Å². The lowest BCUT2D eigenvalue weighted by Crippen LogP contribution is -2.41. The first-order valence-corrected chi connectivity index (χ1v) is 9.46. The first-order chi connectivity index (χ1) is 14.2. The van der Waals surface area contributed by atoms with E-state index in [4.69, 9.17) is 28.9 Å². The molecule has 0 radical (unpaired) electrons. The van der Waals surface area contributed by atoms with Crippen LogP contribution >= 0.6 is 23.2 Å². The molecule has 0 aliphatic carbocycles. The largest absolute Gasteiger partial charge is 0.478 e. The van der Waals surface area contributed by atoms with E-state index < -0.39 is 23.4 Å². The molecular formula is C21H14Cl2FN3O3. The smallest absolute Gasteiger partial charge is 0.335 e. The third kappa shape index (κ3) is 3.12.